The van der Waals surface area contributed by atoms with Crippen LogP contribution in [0.1, 0.15) is 12.0 Å². The van der Waals surface area contributed by atoms with Crippen LogP contribution in [-0.4, -0.2) is 0 Å². The van der Waals surface area contributed by atoms with E-state index in [1.807, 2.05) is 0 Å². The van der Waals surface area contributed by atoms with Gasteiger partial charge in [-0.3, -0.25) is 0 Å². The Morgan fingerprint density at radius 2 is 2.08 bits per heavy atom. The molecule has 66 valence electrons. The smallest absolute Gasteiger partial charge is 0.0429 e. The molecule has 0 fully saturated rings. The number of nitrogens with one attached hydrogen (secondary N) is 1. The Bertz CT molecular complexity index is 379. The fraction of sp³-hybridized carbons (Fsp3) is 0.0909. The molecule has 1 nitrogen and oxygen atoms in total. The van der Waals surface area contributed by atoms with Crippen molar-refractivity contribution in [1.82, 2.24) is 5.32 Å². The van der Waals surface area contributed by atoms with Gasteiger partial charge in [-0.15, -0.1) is 0 Å². The maximum atomic E-state index is 3.89. The molecule has 1 aromatic rings. The number of hydrogen-bond acceptors (Lipinski definition) is 1. The summed E-state index contributed by atoms with van der Waals surface area (Å²) in [6.45, 7) is 3.89. The molecule has 0 spiro atoms. The molecular weight excluding hydrogens is 273 g/mol. The minimum Gasteiger partial charge on any atom is -0.359 e. The largest absolute Gasteiger partial charge is 0.359 e. The molecule has 0 radical (unpaired) electrons. The second-order valence-electron chi connectivity index (χ2n) is 3.03. The maximum Gasteiger partial charge on any atom is 0.0429 e. The molecule has 0 unspecified atom stereocenters. The maximum absolute atomic E-state index is 3.89. The van der Waals surface area contributed by atoms with Crippen molar-refractivity contribution >= 4 is 28.3 Å². The normalized spacial score (nSPS) is 15.5. The van der Waals surface area contributed by atoms with Gasteiger partial charge in [-0.1, -0.05) is 30.9 Å². The topological polar surface area (TPSA) is 12.0 Å². The van der Waals surface area contributed by atoms with E-state index in [-0.39, 0.29) is 0 Å². The SMILES string of the molecule is C=C1CC=C(c2ccccc2I)N1. The molecule has 0 atom stereocenters. The van der Waals surface area contributed by atoms with Crippen molar-refractivity contribution in [3.63, 3.8) is 0 Å². The van der Waals surface area contributed by atoms with Gasteiger partial charge in [0.25, 0.3) is 0 Å². The van der Waals surface area contributed by atoms with Crippen LogP contribution in [0.2, 0.25) is 0 Å². The minimum atomic E-state index is 0.945. The van der Waals surface area contributed by atoms with Gasteiger partial charge in [0.2, 0.25) is 0 Å². The zero-order valence-electron chi connectivity index (χ0n) is 7.18. The zero-order valence-corrected chi connectivity index (χ0v) is 9.34. The highest BCUT2D eigenvalue weighted by Crippen LogP contribution is 2.24. The molecule has 13 heavy (non-hydrogen) atoms. The molecule has 0 aliphatic carbocycles. The monoisotopic (exact) mass is 283 g/mol. The third kappa shape index (κ3) is 1.77. The lowest BCUT2D eigenvalue weighted by Crippen LogP contribution is -2.04. The molecule has 2 heteroatoms. The highest BCUT2D eigenvalue weighted by Gasteiger charge is 2.10. The highest BCUT2D eigenvalue weighted by atomic mass is 127. The third-order valence-electron chi connectivity index (χ3n) is 2.03. The van der Waals surface area contributed by atoms with Gasteiger partial charge in [0.05, 0.1) is 0 Å². The summed E-state index contributed by atoms with van der Waals surface area (Å²) in [6.07, 6.45) is 3.13. The Hall–Kier alpha value is -0.770. The number of halogens is 1. The van der Waals surface area contributed by atoms with E-state index in [1.165, 1.54) is 14.8 Å². The van der Waals surface area contributed by atoms with E-state index in [4.69, 9.17) is 0 Å². The Kier molecular flexibility index (Phi) is 2.40. The first-order chi connectivity index (χ1) is 6.27. The summed E-state index contributed by atoms with van der Waals surface area (Å²) in [5.74, 6) is 0. The Balaban J connectivity index is 2.37. The fourth-order valence-electron chi connectivity index (χ4n) is 1.37. The summed E-state index contributed by atoms with van der Waals surface area (Å²) in [5, 5.41) is 3.27. The summed E-state index contributed by atoms with van der Waals surface area (Å²) in [7, 11) is 0. The molecule has 2 rings (SSSR count). The average molecular weight is 283 g/mol. The van der Waals surface area contributed by atoms with E-state index in [0.717, 1.165) is 12.1 Å². The molecule has 0 aromatic heterocycles. The van der Waals surface area contributed by atoms with Crippen LogP contribution in [0, 0.1) is 3.57 Å². The first kappa shape index (κ1) is 8.81. The lowest BCUT2D eigenvalue weighted by atomic mass is 10.2. The highest BCUT2D eigenvalue weighted by molar-refractivity contribution is 14.1. The fourth-order valence-corrected chi connectivity index (χ4v) is 2.05. The molecule has 1 aliphatic heterocycles. The minimum absolute atomic E-state index is 0.945. The zero-order chi connectivity index (χ0) is 9.26. The second-order valence-corrected chi connectivity index (χ2v) is 4.19. The van der Waals surface area contributed by atoms with Gasteiger partial charge in [-0.25, -0.2) is 0 Å². The number of allylic oxidation sites excluding steroid dienone is 1. The first-order valence-corrected chi connectivity index (χ1v) is 5.25. The molecule has 0 saturated carbocycles. The molecular formula is C11H10IN. The molecule has 1 aromatic carbocycles. The molecule has 0 bridgehead atoms. The van der Waals surface area contributed by atoms with E-state index in [0.29, 0.717) is 0 Å². The quantitative estimate of drug-likeness (QED) is 0.781. The van der Waals surface area contributed by atoms with Crippen molar-refractivity contribution in [2.24, 2.45) is 0 Å². The van der Waals surface area contributed by atoms with Crippen LogP contribution < -0.4 is 5.32 Å². The Labute approximate surface area is 91.7 Å². The van der Waals surface area contributed by atoms with Crippen LogP contribution in [0.5, 0.6) is 0 Å². The lowest BCUT2D eigenvalue weighted by Gasteiger charge is -2.06. The van der Waals surface area contributed by atoms with E-state index < -0.39 is 0 Å². The second kappa shape index (κ2) is 3.54. The molecule has 1 heterocycles. The van der Waals surface area contributed by atoms with Gasteiger partial charge < -0.3 is 5.32 Å². The number of rotatable bonds is 1. The van der Waals surface area contributed by atoms with Crippen LogP contribution >= 0.6 is 22.6 Å². The van der Waals surface area contributed by atoms with Crippen molar-refractivity contribution in [2.45, 2.75) is 6.42 Å². The van der Waals surface area contributed by atoms with Crippen molar-refractivity contribution in [1.29, 1.82) is 0 Å². The summed E-state index contributed by atoms with van der Waals surface area (Å²) in [6, 6.07) is 8.34. The van der Waals surface area contributed by atoms with Crippen molar-refractivity contribution in [2.75, 3.05) is 0 Å². The Morgan fingerprint density at radius 3 is 2.69 bits per heavy atom. The van der Waals surface area contributed by atoms with E-state index in [9.17, 15) is 0 Å². The molecule has 0 amide bonds. The van der Waals surface area contributed by atoms with Gasteiger partial charge in [0.15, 0.2) is 0 Å². The van der Waals surface area contributed by atoms with Crippen molar-refractivity contribution in [3.05, 3.63) is 51.8 Å². The average Bonchev–Trinajstić information content (AvgIpc) is 2.53. The van der Waals surface area contributed by atoms with Gasteiger partial charge in [0, 0.05) is 26.9 Å². The van der Waals surface area contributed by atoms with E-state index in [1.54, 1.807) is 0 Å². The van der Waals surface area contributed by atoms with Crippen LogP contribution in [-0.2, 0) is 0 Å². The van der Waals surface area contributed by atoms with Crippen LogP contribution in [0.4, 0.5) is 0 Å². The first-order valence-electron chi connectivity index (χ1n) is 4.17. The lowest BCUT2D eigenvalue weighted by molar-refractivity contribution is 1.09. The molecule has 0 saturated heterocycles. The van der Waals surface area contributed by atoms with Gasteiger partial charge >= 0.3 is 0 Å². The van der Waals surface area contributed by atoms with Gasteiger partial charge in [0.1, 0.15) is 0 Å². The summed E-state index contributed by atoms with van der Waals surface area (Å²) < 4.78 is 1.27. The molecule has 1 aliphatic rings. The predicted molar refractivity (Wildman–Crippen MR) is 64.0 cm³/mol. The van der Waals surface area contributed by atoms with Crippen molar-refractivity contribution in [3.8, 4) is 0 Å². The standard InChI is InChI=1S/C11H10IN/c1-8-6-7-11(13-8)9-4-2-3-5-10(9)12/h2-5,7,13H,1,6H2. The third-order valence-corrected chi connectivity index (χ3v) is 2.97. The van der Waals surface area contributed by atoms with Crippen LogP contribution in [0.25, 0.3) is 5.70 Å². The summed E-state index contributed by atoms with van der Waals surface area (Å²) >= 11 is 2.35. The van der Waals surface area contributed by atoms with Gasteiger partial charge in [-0.2, -0.15) is 0 Å². The van der Waals surface area contributed by atoms with Gasteiger partial charge in [-0.05, 0) is 28.7 Å². The van der Waals surface area contributed by atoms with Crippen LogP contribution in [0.15, 0.2) is 42.6 Å². The number of benzene rings is 1. The summed E-state index contributed by atoms with van der Waals surface area (Å²) in [4.78, 5) is 0. The van der Waals surface area contributed by atoms with Crippen molar-refractivity contribution < 1.29 is 0 Å². The van der Waals surface area contributed by atoms with E-state index >= 15 is 0 Å². The summed E-state index contributed by atoms with van der Waals surface area (Å²) in [5.41, 5.74) is 3.53. The molecule has 1 N–H and O–H groups in total. The Morgan fingerprint density at radius 1 is 1.31 bits per heavy atom. The number of hydrogen-bond donors (Lipinski definition) is 1. The van der Waals surface area contributed by atoms with Crippen LogP contribution in [0.3, 0.4) is 0 Å². The predicted octanol–water partition coefficient (Wildman–Crippen LogP) is 3.14. The van der Waals surface area contributed by atoms with E-state index in [2.05, 4.69) is 64.8 Å².